The van der Waals surface area contributed by atoms with Crippen LogP contribution in [0.5, 0.6) is 0 Å². The van der Waals surface area contributed by atoms with E-state index < -0.39 is 11.9 Å². The molecule has 3 aromatic carbocycles. The maximum Gasteiger partial charge on any atom is 0.356 e. The van der Waals surface area contributed by atoms with E-state index in [2.05, 4.69) is 19.9 Å². The number of halogens is 3. The van der Waals surface area contributed by atoms with E-state index in [4.69, 9.17) is 45.6 Å². The molecule has 5 rings (SSSR count). The van der Waals surface area contributed by atoms with Crippen molar-refractivity contribution >= 4 is 46.7 Å². The number of hydrogen-bond acceptors (Lipinski definition) is 6. The molecule has 0 aliphatic rings. The maximum atomic E-state index is 11.2. The van der Waals surface area contributed by atoms with Crippen molar-refractivity contribution in [1.29, 1.82) is 0 Å². The lowest BCUT2D eigenvalue weighted by molar-refractivity contribution is 0.0690. The number of benzene rings is 3. The third-order valence-electron chi connectivity index (χ3n) is 5.28. The second-order valence-electron chi connectivity index (χ2n) is 7.90. The number of primary amides is 1. The molecule has 1 amide bonds. The molecule has 5 aromatic rings. The number of rotatable bonds is 5. The molecule has 0 spiro atoms. The molecule has 0 saturated heterocycles. The molecule has 0 saturated carbocycles. The van der Waals surface area contributed by atoms with Crippen LogP contribution in [0.1, 0.15) is 21.0 Å². The highest BCUT2D eigenvalue weighted by Crippen LogP contribution is 2.30. The second-order valence-corrected chi connectivity index (χ2v) is 9.21. The predicted octanol–water partition coefficient (Wildman–Crippen LogP) is 6.71. The molecular weight excluding hydrogens is 561 g/mol. The number of carboxylic acids is 1. The smallest absolute Gasteiger partial charge is 0.356 e. The summed E-state index contributed by atoms with van der Waals surface area (Å²) in [6.07, 6.45) is 4.18. The highest BCUT2D eigenvalue weighted by atomic mass is 35.5. The van der Waals surface area contributed by atoms with Crippen molar-refractivity contribution in [2.75, 3.05) is 0 Å². The Morgan fingerprint density at radius 1 is 0.615 bits per heavy atom. The summed E-state index contributed by atoms with van der Waals surface area (Å²) in [6, 6.07) is 21.1. The monoisotopic (exact) mass is 577 g/mol. The number of hydrogen-bond donors (Lipinski definition) is 2. The van der Waals surface area contributed by atoms with Gasteiger partial charge in [0.15, 0.2) is 11.4 Å². The number of aromatic carboxylic acids is 1. The SMILES string of the molecule is NC(=O)c1nccnc1-c1ccc(Cl)cc1.O=C(O)c1cnc(-c2ccc(Cl)cc2)c(-c2ccc(Cl)cc2)n1. The summed E-state index contributed by atoms with van der Waals surface area (Å²) in [4.78, 5) is 38.9. The number of carboxylic acid groups (broad SMARTS) is 1. The molecule has 2 aromatic heterocycles. The first-order valence-corrected chi connectivity index (χ1v) is 12.4. The van der Waals surface area contributed by atoms with Crippen molar-refractivity contribution in [1.82, 2.24) is 19.9 Å². The predicted molar refractivity (Wildman–Crippen MR) is 151 cm³/mol. The number of aromatic nitrogens is 4. The molecule has 0 radical (unpaired) electrons. The summed E-state index contributed by atoms with van der Waals surface area (Å²) in [5, 5.41) is 11.0. The van der Waals surface area contributed by atoms with Gasteiger partial charge in [0.05, 0.1) is 17.6 Å². The van der Waals surface area contributed by atoms with Gasteiger partial charge in [0.2, 0.25) is 0 Å². The highest BCUT2D eigenvalue weighted by molar-refractivity contribution is 6.31. The van der Waals surface area contributed by atoms with Crippen LogP contribution < -0.4 is 5.73 Å². The molecule has 11 heteroatoms. The highest BCUT2D eigenvalue weighted by Gasteiger charge is 2.15. The van der Waals surface area contributed by atoms with E-state index in [1.165, 1.54) is 18.6 Å². The second kappa shape index (κ2) is 12.4. The molecule has 8 nitrogen and oxygen atoms in total. The zero-order chi connectivity index (χ0) is 27.9. The molecule has 0 atom stereocenters. The van der Waals surface area contributed by atoms with Crippen LogP contribution in [0.4, 0.5) is 0 Å². The van der Waals surface area contributed by atoms with E-state index in [9.17, 15) is 9.59 Å². The first-order valence-electron chi connectivity index (χ1n) is 11.2. The van der Waals surface area contributed by atoms with E-state index in [1.54, 1.807) is 60.7 Å². The average Bonchev–Trinajstić information content (AvgIpc) is 2.94. The number of carbonyl (C=O) groups excluding carboxylic acids is 1. The molecule has 3 N–H and O–H groups in total. The van der Waals surface area contributed by atoms with Crippen LogP contribution in [0.2, 0.25) is 15.1 Å². The summed E-state index contributed by atoms with van der Waals surface area (Å²) in [5.41, 5.74) is 9.05. The summed E-state index contributed by atoms with van der Waals surface area (Å²) in [7, 11) is 0. The minimum absolute atomic E-state index is 0.118. The van der Waals surface area contributed by atoms with Crippen molar-refractivity contribution in [3.63, 3.8) is 0 Å². The van der Waals surface area contributed by atoms with Gasteiger partial charge in [-0.3, -0.25) is 14.8 Å². The van der Waals surface area contributed by atoms with E-state index in [0.717, 1.165) is 16.7 Å². The zero-order valence-corrected chi connectivity index (χ0v) is 22.2. The molecule has 0 unspecified atom stereocenters. The molecular formula is C28H18Cl3N5O3. The number of nitrogens with zero attached hydrogens (tertiary/aromatic N) is 4. The third-order valence-corrected chi connectivity index (χ3v) is 6.03. The van der Waals surface area contributed by atoms with Crippen LogP contribution in [-0.2, 0) is 0 Å². The topological polar surface area (TPSA) is 132 Å². The van der Waals surface area contributed by atoms with Crippen molar-refractivity contribution in [2.24, 2.45) is 5.73 Å². The standard InChI is InChI=1S/C17H10Cl2N2O2.C11H8ClN3O/c18-12-5-1-10(2-6-12)15-16(11-3-7-13(19)8-4-11)21-14(9-20-15)17(22)23;12-8-3-1-7(2-4-8)9-10(11(13)16)15-6-5-14-9/h1-9H,(H,22,23);1-6H,(H2,13,16). The van der Waals surface area contributed by atoms with Crippen LogP contribution in [-0.4, -0.2) is 36.9 Å². The molecule has 0 bridgehead atoms. The van der Waals surface area contributed by atoms with Crippen LogP contribution >= 0.6 is 34.8 Å². The van der Waals surface area contributed by atoms with Gasteiger partial charge < -0.3 is 10.8 Å². The maximum absolute atomic E-state index is 11.2. The van der Waals surface area contributed by atoms with Crippen LogP contribution in [0.3, 0.4) is 0 Å². The summed E-state index contributed by atoms with van der Waals surface area (Å²) in [6.45, 7) is 0. The molecule has 194 valence electrons. The Bertz CT molecular complexity index is 1630. The van der Waals surface area contributed by atoms with Crippen molar-refractivity contribution in [2.45, 2.75) is 0 Å². The average molecular weight is 579 g/mol. The van der Waals surface area contributed by atoms with Crippen LogP contribution in [0.25, 0.3) is 33.8 Å². The minimum atomic E-state index is -1.13. The Balaban J connectivity index is 0.000000193. The fourth-order valence-corrected chi connectivity index (χ4v) is 3.84. The van der Waals surface area contributed by atoms with Gasteiger partial charge in [0.1, 0.15) is 5.69 Å². The Labute approximate surface area is 238 Å². The van der Waals surface area contributed by atoms with Gasteiger partial charge >= 0.3 is 5.97 Å². The lowest BCUT2D eigenvalue weighted by Crippen LogP contribution is -2.15. The largest absolute Gasteiger partial charge is 0.476 e. The minimum Gasteiger partial charge on any atom is -0.476 e. The lowest BCUT2D eigenvalue weighted by Gasteiger charge is -2.09. The fourth-order valence-electron chi connectivity index (χ4n) is 3.46. The molecule has 0 fully saturated rings. The van der Waals surface area contributed by atoms with E-state index >= 15 is 0 Å². The van der Waals surface area contributed by atoms with Crippen LogP contribution in [0.15, 0.2) is 91.4 Å². The molecule has 2 heterocycles. The van der Waals surface area contributed by atoms with Gasteiger partial charge in [-0.25, -0.2) is 14.8 Å². The number of amides is 1. The van der Waals surface area contributed by atoms with Crippen molar-refractivity contribution in [3.05, 3.63) is 118 Å². The first-order chi connectivity index (χ1) is 18.7. The Kier molecular flexibility index (Phi) is 8.83. The summed E-state index contributed by atoms with van der Waals surface area (Å²) >= 11 is 17.6. The van der Waals surface area contributed by atoms with E-state index in [0.29, 0.717) is 32.1 Å². The summed E-state index contributed by atoms with van der Waals surface area (Å²) < 4.78 is 0. The van der Waals surface area contributed by atoms with Crippen molar-refractivity contribution in [3.8, 4) is 33.8 Å². The van der Waals surface area contributed by atoms with E-state index in [-0.39, 0.29) is 11.4 Å². The molecule has 39 heavy (non-hydrogen) atoms. The van der Waals surface area contributed by atoms with Gasteiger partial charge in [0, 0.05) is 44.2 Å². The van der Waals surface area contributed by atoms with Crippen molar-refractivity contribution < 1.29 is 14.7 Å². The Morgan fingerprint density at radius 2 is 1.05 bits per heavy atom. The molecule has 0 aliphatic heterocycles. The first kappa shape index (κ1) is 27.7. The van der Waals surface area contributed by atoms with Crippen LogP contribution in [0, 0.1) is 0 Å². The number of nitrogens with two attached hydrogens (primary N) is 1. The van der Waals surface area contributed by atoms with Gasteiger partial charge in [-0.2, -0.15) is 0 Å². The van der Waals surface area contributed by atoms with Gasteiger partial charge in [-0.15, -0.1) is 0 Å². The van der Waals surface area contributed by atoms with E-state index in [1.807, 2.05) is 12.1 Å². The molecule has 0 aliphatic carbocycles. The third kappa shape index (κ3) is 6.94. The lowest BCUT2D eigenvalue weighted by atomic mass is 10.0. The Morgan fingerprint density at radius 3 is 1.51 bits per heavy atom. The fraction of sp³-hybridized carbons (Fsp3) is 0. The van der Waals surface area contributed by atoms with Gasteiger partial charge in [-0.1, -0.05) is 71.2 Å². The van der Waals surface area contributed by atoms with Gasteiger partial charge in [0.25, 0.3) is 5.91 Å². The normalized spacial score (nSPS) is 10.3. The summed E-state index contributed by atoms with van der Waals surface area (Å²) in [5.74, 6) is -1.73. The zero-order valence-electron chi connectivity index (χ0n) is 19.9. The quantitative estimate of drug-likeness (QED) is 0.237. The Hall–Kier alpha value is -4.37. The number of carbonyl (C=O) groups is 2. The van der Waals surface area contributed by atoms with Gasteiger partial charge in [-0.05, 0) is 36.4 Å².